The highest BCUT2D eigenvalue weighted by Gasteiger charge is 2.14. The van der Waals surface area contributed by atoms with Crippen LogP contribution in [0.3, 0.4) is 0 Å². The normalized spacial score (nSPS) is 9.91. The Kier molecular flexibility index (Phi) is 23.8. The molecular weight excluding hydrogens is 948 g/mol. The first-order valence-electron chi connectivity index (χ1n) is 11.7. The number of alkyl halides is 1. The van der Waals surface area contributed by atoms with Crippen molar-refractivity contribution >= 4 is 150 Å². The molecule has 4 rings (SSSR count). The predicted molar refractivity (Wildman–Crippen MR) is 201 cm³/mol. The summed E-state index contributed by atoms with van der Waals surface area (Å²) >= 11 is 22.0. The van der Waals surface area contributed by atoms with Gasteiger partial charge in [0.25, 0.3) is 0 Å². The van der Waals surface area contributed by atoms with Gasteiger partial charge in [-0.05, 0) is 47.8 Å². The van der Waals surface area contributed by atoms with E-state index in [-0.39, 0.29) is 30.2 Å². The molecule has 244 valence electrons. The number of thiazole rings is 4. The predicted octanol–water partition coefficient (Wildman–Crippen LogP) is 10.6. The van der Waals surface area contributed by atoms with Crippen LogP contribution in [0.2, 0.25) is 0 Å². The van der Waals surface area contributed by atoms with Crippen molar-refractivity contribution in [3.05, 3.63) is 51.0 Å². The standard InChI is InChI=1S/C8H11NO2S2.C7H6BrNO3S.C6H8BrNS2.C3HBr2NS.CH4/c1-5(2)13-8-9-6(4-12-8)7(10)11-3;1-12-7(11)4-3-13-6(9-4)5(10)2-8;1-4(2)10-6-8-5(7)3-9-6;4-2-1-7-3(5)6-2;/h4-5H,1-3H3;3H,2H2,1H3;3-4H,1-2H3;1H;1H4. The maximum absolute atomic E-state index is 11.1. The first-order chi connectivity index (χ1) is 20.3. The monoisotopic (exact) mass is 974 g/mol. The van der Waals surface area contributed by atoms with Gasteiger partial charge in [0, 0.05) is 32.0 Å². The Morgan fingerprint density at radius 3 is 1.57 bits per heavy atom. The van der Waals surface area contributed by atoms with Crippen molar-refractivity contribution in [2.45, 2.75) is 54.3 Å². The van der Waals surface area contributed by atoms with Crippen LogP contribution in [0.1, 0.15) is 65.9 Å². The number of rotatable bonds is 8. The van der Waals surface area contributed by atoms with Crippen molar-refractivity contribution in [1.82, 2.24) is 19.9 Å². The lowest BCUT2D eigenvalue weighted by Gasteiger charge is -1.98. The van der Waals surface area contributed by atoms with Gasteiger partial charge in [-0.1, -0.05) is 74.6 Å². The molecule has 0 fully saturated rings. The number of carbonyl (C=O) groups excluding carboxylic acids is 3. The molecule has 0 atom stereocenters. The van der Waals surface area contributed by atoms with Gasteiger partial charge in [-0.25, -0.2) is 29.5 Å². The first-order valence-corrected chi connectivity index (χ1v) is 20.4. The molecule has 4 aromatic rings. The number of aromatic nitrogens is 4. The molecule has 0 saturated carbocycles. The van der Waals surface area contributed by atoms with Gasteiger partial charge < -0.3 is 9.47 Å². The largest absolute Gasteiger partial charge is 0.464 e. The number of Topliss-reactive ketones (excluding diaryl/α,β-unsaturated/α-hetero) is 1. The van der Waals surface area contributed by atoms with Crippen molar-refractivity contribution in [1.29, 1.82) is 0 Å². The maximum atomic E-state index is 11.1. The number of ketones is 1. The van der Waals surface area contributed by atoms with Crippen molar-refractivity contribution < 1.29 is 23.9 Å². The molecule has 44 heavy (non-hydrogen) atoms. The van der Waals surface area contributed by atoms with Crippen LogP contribution in [-0.4, -0.2) is 67.7 Å². The number of hydrogen-bond donors (Lipinski definition) is 0. The van der Waals surface area contributed by atoms with E-state index in [0.29, 0.717) is 21.2 Å². The Bertz CT molecular complexity index is 1380. The topological polar surface area (TPSA) is 121 Å². The fourth-order valence-electron chi connectivity index (χ4n) is 2.10. The number of halogens is 4. The molecule has 0 bridgehead atoms. The number of methoxy groups -OCH3 is 2. The molecule has 4 heterocycles. The lowest BCUT2D eigenvalue weighted by molar-refractivity contribution is 0.0586. The summed E-state index contributed by atoms with van der Waals surface area (Å²) in [6, 6.07) is 0. The number of thioether (sulfide) groups is 2. The average Bonchev–Trinajstić information content (AvgIpc) is 3.77. The lowest BCUT2D eigenvalue weighted by atomic mass is 10.4. The molecule has 0 aliphatic heterocycles. The highest BCUT2D eigenvalue weighted by atomic mass is 79.9. The van der Waals surface area contributed by atoms with Crippen LogP contribution in [0.5, 0.6) is 0 Å². The van der Waals surface area contributed by atoms with Crippen LogP contribution >= 0.6 is 133 Å². The molecule has 0 unspecified atom stereocenters. The van der Waals surface area contributed by atoms with Crippen LogP contribution in [0.15, 0.2) is 43.3 Å². The number of ether oxygens (including phenoxy) is 2. The zero-order chi connectivity index (χ0) is 32.5. The summed E-state index contributed by atoms with van der Waals surface area (Å²) in [5, 5.41) is 8.78. The molecule has 0 amide bonds. The minimum absolute atomic E-state index is 0. The van der Waals surface area contributed by atoms with Crippen molar-refractivity contribution in [2.75, 3.05) is 19.5 Å². The smallest absolute Gasteiger partial charge is 0.357 e. The molecule has 0 radical (unpaired) electrons. The first kappa shape index (κ1) is 43.8. The van der Waals surface area contributed by atoms with Crippen molar-refractivity contribution in [2.24, 2.45) is 0 Å². The molecule has 19 heteroatoms. The summed E-state index contributed by atoms with van der Waals surface area (Å²) < 4.78 is 13.8. The van der Waals surface area contributed by atoms with Crippen molar-refractivity contribution in [3.8, 4) is 0 Å². The SMILES string of the molecule is Brc1csc(Br)n1.C.CC(C)Sc1nc(Br)cs1.COC(=O)c1csc(C(=O)CBr)n1.COC(=O)c1csc(SC(C)C)n1. The lowest BCUT2D eigenvalue weighted by Crippen LogP contribution is -2.04. The summed E-state index contributed by atoms with van der Waals surface area (Å²) in [5.74, 6) is -1.03. The van der Waals surface area contributed by atoms with Crippen LogP contribution in [-0.2, 0) is 9.47 Å². The van der Waals surface area contributed by atoms with E-state index in [2.05, 4.69) is 121 Å². The summed E-state index contributed by atoms with van der Waals surface area (Å²) in [4.78, 5) is 49.2. The molecule has 9 nitrogen and oxygen atoms in total. The Hall–Kier alpha value is -0.250. The summed E-state index contributed by atoms with van der Waals surface area (Å²) in [5.41, 5.74) is 0.576. The molecule has 0 aliphatic carbocycles. The van der Waals surface area contributed by atoms with Gasteiger partial charge in [-0.2, -0.15) is 0 Å². The van der Waals surface area contributed by atoms with Crippen LogP contribution in [0, 0.1) is 0 Å². The molecule has 0 aromatic carbocycles. The highest BCUT2D eigenvalue weighted by Crippen LogP contribution is 2.28. The van der Waals surface area contributed by atoms with Crippen LogP contribution in [0.4, 0.5) is 0 Å². The van der Waals surface area contributed by atoms with Gasteiger partial charge in [0.1, 0.15) is 9.21 Å². The van der Waals surface area contributed by atoms with E-state index in [1.54, 1.807) is 51.6 Å². The zero-order valence-electron chi connectivity index (χ0n) is 23.5. The molecule has 0 aliphatic rings. The van der Waals surface area contributed by atoms with E-state index in [9.17, 15) is 14.4 Å². The molecule has 0 saturated heterocycles. The van der Waals surface area contributed by atoms with E-state index in [0.717, 1.165) is 33.1 Å². The number of esters is 2. The minimum Gasteiger partial charge on any atom is -0.464 e. The highest BCUT2D eigenvalue weighted by molar-refractivity contribution is 9.11. The van der Waals surface area contributed by atoms with Gasteiger partial charge in [-0.15, -0.1) is 45.3 Å². The Balaban J connectivity index is 0.000000568. The Morgan fingerprint density at radius 2 is 1.18 bits per heavy atom. The number of nitrogens with zero attached hydrogens (tertiary/aromatic N) is 4. The second-order valence-corrected chi connectivity index (χ2v) is 18.3. The second kappa shape index (κ2) is 24.0. The van der Waals surface area contributed by atoms with Gasteiger partial charge in [0.2, 0.25) is 5.78 Å². The summed E-state index contributed by atoms with van der Waals surface area (Å²) in [6.07, 6.45) is 0. The van der Waals surface area contributed by atoms with Crippen molar-refractivity contribution in [3.63, 3.8) is 0 Å². The Labute approximate surface area is 315 Å². The third kappa shape index (κ3) is 18.2. The van der Waals surface area contributed by atoms with Crippen LogP contribution < -0.4 is 0 Å². The quantitative estimate of drug-likeness (QED) is 0.0726. The molecular formula is C25H30Br4N4O5S6. The Morgan fingerprint density at radius 1 is 0.727 bits per heavy atom. The molecule has 4 aromatic heterocycles. The van der Waals surface area contributed by atoms with E-state index >= 15 is 0 Å². The fraction of sp³-hybridized carbons (Fsp3) is 0.400. The fourth-order valence-corrected chi connectivity index (χ4v) is 9.56. The zero-order valence-corrected chi connectivity index (χ0v) is 34.7. The second-order valence-electron chi connectivity index (χ2n) is 7.77. The summed E-state index contributed by atoms with van der Waals surface area (Å²) in [6.45, 7) is 8.51. The third-order valence-corrected chi connectivity index (χ3v) is 11.8. The third-order valence-electron chi connectivity index (χ3n) is 3.71. The van der Waals surface area contributed by atoms with E-state index < -0.39 is 5.97 Å². The van der Waals surface area contributed by atoms with Gasteiger partial charge in [0.05, 0.1) is 19.5 Å². The van der Waals surface area contributed by atoms with Gasteiger partial charge in [0.15, 0.2) is 29.0 Å². The van der Waals surface area contributed by atoms with E-state index in [4.69, 9.17) is 0 Å². The number of carbonyl (C=O) groups is 3. The average molecular weight is 979 g/mol. The summed E-state index contributed by atoms with van der Waals surface area (Å²) in [7, 11) is 2.63. The van der Waals surface area contributed by atoms with Gasteiger partial charge >= 0.3 is 11.9 Å². The minimum atomic E-state index is -0.523. The van der Waals surface area contributed by atoms with E-state index in [1.165, 1.54) is 30.9 Å². The molecule has 0 spiro atoms. The van der Waals surface area contributed by atoms with Gasteiger partial charge in [-0.3, -0.25) is 4.79 Å². The maximum Gasteiger partial charge on any atom is 0.357 e. The molecule has 0 N–H and O–H groups in total. The van der Waals surface area contributed by atoms with E-state index in [1.807, 2.05) is 10.8 Å². The number of hydrogen-bond acceptors (Lipinski definition) is 15. The van der Waals surface area contributed by atoms with Crippen LogP contribution in [0.25, 0.3) is 0 Å².